The lowest BCUT2D eigenvalue weighted by atomic mass is 10.1. The van der Waals surface area contributed by atoms with E-state index in [9.17, 15) is 14.9 Å². The first kappa shape index (κ1) is 16.9. The van der Waals surface area contributed by atoms with Crippen LogP contribution in [0.25, 0.3) is 16.9 Å². The van der Waals surface area contributed by atoms with Crippen LogP contribution in [-0.4, -0.2) is 26.7 Å². The Labute approximate surface area is 157 Å². The second kappa shape index (κ2) is 7.00. The second-order valence-electron chi connectivity index (χ2n) is 5.75. The molecule has 0 radical (unpaired) electrons. The van der Waals surface area contributed by atoms with Gasteiger partial charge < -0.3 is 4.74 Å². The number of benzene rings is 1. The number of fused-ring (bicyclic) bond motifs is 1. The molecular formula is C19H13N3O4S. The molecule has 0 fully saturated rings. The number of hydrogen-bond acceptors (Lipinski definition) is 6. The standard InChI is InChI=1S/C19H13N3O4S/c23-17(18-2-1-9-27-18)12-26-15-6-3-13(4-7-15)16-11-21-10-14(22(24)25)5-8-19(21)20-16/h1-11H,12H2. The summed E-state index contributed by atoms with van der Waals surface area (Å²) in [5, 5.41) is 12.7. The average Bonchev–Trinajstić information content (AvgIpc) is 3.35. The maximum atomic E-state index is 12.0. The van der Waals surface area contributed by atoms with E-state index < -0.39 is 4.92 Å². The summed E-state index contributed by atoms with van der Waals surface area (Å²) in [5.41, 5.74) is 2.16. The predicted molar refractivity (Wildman–Crippen MR) is 101 cm³/mol. The molecule has 3 aromatic heterocycles. The maximum absolute atomic E-state index is 12.0. The number of rotatable bonds is 6. The minimum absolute atomic E-state index is 0.00519. The number of hydrogen-bond donors (Lipinski definition) is 0. The van der Waals surface area contributed by atoms with Gasteiger partial charge in [-0.3, -0.25) is 19.3 Å². The lowest BCUT2D eigenvalue weighted by molar-refractivity contribution is -0.385. The minimum Gasteiger partial charge on any atom is -0.485 e. The summed E-state index contributed by atoms with van der Waals surface area (Å²) in [4.78, 5) is 27.5. The second-order valence-corrected chi connectivity index (χ2v) is 6.70. The Morgan fingerprint density at radius 3 is 2.67 bits per heavy atom. The third kappa shape index (κ3) is 3.56. The van der Waals surface area contributed by atoms with Crippen LogP contribution in [0.1, 0.15) is 9.67 Å². The van der Waals surface area contributed by atoms with Gasteiger partial charge in [0.15, 0.2) is 6.61 Å². The van der Waals surface area contributed by atoms with E-state index in [2.05, 4.69) is 4.98 Å². The molecule has 0 unspecified atom stereocenters. The number of thiophene rings is 1. The lowest BCUT2D eigenvalue weighted by Crippen LogP contribution is -2.09. The molecular weight excluding hydrogens is 366 g/mol. The molecule has 4 rings (SSSR count). The quantitative estimate of drug-likeness (QED) is 0.284. The Hall–Kier alpha value is -3.52. The van der Waals surface area contributed by atoms with Crippen molar-refractivity contribution in [2.45, 2.75) is 0 Å². The van der Waals surface area contributed by atoms with E-state index in [1.54, 1.807) is 34.9 Å². The highest BCUT2D eigenvalue weighted by Crippen LogP contribution is 2.23. The predicted octanol–water partition coefficient (Wildman–Crippen LogP) is 4.23. The van der Waals surface area contributed by atoms with Gasteiger partial charge in [0.25, 0.3) is 5.69 Å². The van der Waals surface area contributed by atoms with Gasteiger partial charge in [0.05, 0.1) is 21.7 Å². The largest absolute Gasteiger partial charge is 0.485 e. The van der Waals surface area contributed by atoms with Crippen LogP contribution in [0.2, 0.25) is 0 Å². The Balaban J connectivity index is 1.49. The van der Waals surface area contributed by atoms with Crippen molar-refractivity contribution in [3.8, 4) is 17.0 Å². The number of carbonyl (C=O) groups excluding carboxylic acids is 1. The summed E-state index contributed by atoms with van der Waals surface area (Å²) in [7, 11) is 0. The van der Waals surface area contributed by atoms with Crippen molar-refractivity contribution in [3.05, 3.63) is 81.3 Å². The van der Waals surface area contributed by atoms with E-state index in [0.717, 1.165) is 5.56 Å². The highest BCUT2D eigenvalue weighted by molar-refractivity contribution is 7.12. The van der Waals surface area contributed by atoms with E-state index in [4.69, 9.17) is 4.74 Å². The van der Waals surface area contributed by atoms with Gasteiger partial charge in [-0.25, -0.2) is 4.98 Å². The van der Waals surface area contributed by atoms with E-state index >= 15 is 0 Å². The maximum Gasteiger partial charge on any atom is 0.286 e. The zero-order valence-electron chi connectivity index (χ0n) is 13.9. The molecule has 3 heterocycles. The first-order chi connectivity index (χ1) is 13.1. The van der Waals surface area contributed by atoms with Gasteiger partial charge in [-0.1, -0.05) is 6.07 Å². The monoisotopic (exact) mass is 379 g/mol. The van der Waals surface area contributed by atoms with Gasteiger partial charge in [-0.15, -0.1) is 11.3 Å². The van der Waals surface area contributed by atoms with Crippen molar-refractivity contribution in [2.75, 3.05) is 6.61 Å². The van der Waals surface area contributed by atoms with Crippen LogP contribution in [0.4, 0.5) is 5.69 Å². The summed E-state index contributed by atoms with van der Waals surface area (Å²) < 4.78 is 7.16. The normalized spacial score (nSPS) is 10.8. The summed E-state index contributed by atoms with van der Waals surface area (Å²) in [6.07, 6.45) is 3.16. The van der Waals surface area contributed by atoms with E-state index in [1.165, 1.54) is 23.6 Å². The van der Waals surface area contributed by atoms with E-state index in [0.29, 0.717) is 22.0 Å². The fourth-order valence-electron chi connectivity index (χ4n) is 2.61. The number of pyridine rings is 1. The minimum atomic E-state index is -0.442. The zero-order valence-corrected chi connectivity index (χ0v) is 14.8. The summed E-state index contributed by atoms with van der Waals surface area (Å²) in [6, 6.07) is 13.8. The molecule has 0 N–H and O–H groups in total. The molecule has 134 valence electrons. The van der Waals surface area contributed by atoms with Gasteiger partial charge in [0, 0.05) is 17.8 Å². The molecule has 27 heavy (non-hydrogen) atoms. The first-order valence-electron chi connectivity index (χ1n) is 8.03. The van der Waals surface area contributed by atoms with Crippen LogP contribution in [-0.2, 0) is 0 Å². The van der Waals surface area contributed by atoms with E-state index in [-0.39, 0.29) is 18.1 Å². The van der Waals surface area contributed by atoms with Gasteiger partial charge in [0.2, 0.25) is 5.78 Å². The summed E-state index contributed by atoms with van der Waals surface area (Å²) in [6.45, 7) is -0.0160. The molecule has 1 aromatic carbocycles. The van der Waals surface area contributed by atoms with Crippen molar-refractivity contribution in [3.63, 3.8) is 0 Å². The molecule has 7 nitrogen and oxygen atoms in total. The molecule has 0 aliphatic rings. The van der Waals surface area contributed by atoms with Gasteiger partial charge in [0.1, 0.15) is 11.4 Å². The molecule has 0 spiro atoms. The fraction of sp³-hybridized carbons (Fsp3) is 0.0526. The van der Waals surface area contributed by atoms with Crippen molar-refractivity contribution < 1.29 is 14.5 Å². The van der Waals surface area contributed by atoms with Crippen molar-refractivity contribution in [1.82, 2.24) is 9.38 Å². The Bertz CT molecular complexity index is 1120. The smallest absolute Gasteiger partial charge is 0.286 e. The van der Waals surface area contributed by atoms with Crippen LogP contribution in [0.15, 0.2) is 66.3 Å². The molecule has 8 heteroatoms. The zero-order chi connectivity index (χ0) is 18.8. The number of nitro groups is 1. The molecule has 0 atom stereocenters. The third-order valence-corrected chi connectivity index (χ3v) is 4.87. The number of nitrogens with zero attached hydrogens (tertiary/aromatic N) is 3. The topological polar surface area (TPSA) is 86.7 Å². The highest BCUT2D eigenvalue weighted by Gasteiger charge is 2.11. The number of ketones is 1. The number of carbonyl (C=O) groups is 1. The molecule has 0 aliphatic carbocycles. The highest BCUT2D eigenvalue weighted by atomic mass is 32.1. The molecule has 0 amide bonds. The number of imidazole rings is 1. The number of Topliss-reactive ketones (excluding diaryl/α,β-unsaturated/α-hetero) is 1. The molecule has 0 saturated carbocycles. The van der Waals surface area contributed by atoms with Gasteiger partial charge in [-0.2, -0.15) is 0 Å². The number of aromatic nitrogens is 2. The molecule has 0 aliphatic heterocycles. The SMILES string of the molecule is O=C(COc1ccc(-c2cn3cc([N+](=O)[O-])ccc3n2)cc1)c1cccs1. The van der Waals surface area contributed by atoms with E-state index in [1.807, 2.05) is 23.6 Å². The average molecular weight is 379 g/mol. The van der Waals surface area contributed by atoms with Gasteiger partial charge in [-0.05, 0) is 41.8 Å². The molecule has 4 aromatic rings. The lowest BCUT2D eigenvalue weighted by Gasteiger charge is -2.05. The summed E-state index contributed by atoms with van der Waals surface area (Å²) in [5.74, 6) is 0.527. The Morgan fingerprint density at radius 2 is 1.96 bits per heavy atom. The summed E-state index contributed by atoms with van der Waals surface area (Å²) >= 11 is 1.39. The van der Waals surface area contributed by atoms with Crippen LogP contribution < -0.4 is 4.74 Å². The van der Waals surface area contributed by atoms with Crippen molar-refractivity contribution in [1.29, 1.82) is 0 Å². The van der Waals surface area contributed by atoms with Crippen LogP contribution >= 0.6 is 11.3 Å². The fourth-order valence-corrected chi connectivity index (χ4v) is 3.26. The first-order valence-corrected chi connectivity index (χ1v) is 8.91. The van der Waals surface area contributed by atoms with Crippen molar-refractivity contribution >= 4 is 28.5 Å². The Morgan fingerprint density at radius 1 is 1.15 bits per heavy atom. The Kier molecular flexibility index (Phi) is 4.39. The number of ether oxygens (including phenoxy) is 1. The van der Waals surface area contributed by atoms with Crippen LogP contribution in [0.5, 0.6) is 5.75 Å². The third-order valence-electron chi connectivity index (χ3n) is 3.96. The van der Waals surface area contributed by atoms with Crippen LogP contribution in [0, 0.1) is 10.1 Å². The van der Waals surface area contributed by atoms with Gasteiger partial charge >= 0.3 is 0 Å². The molecule has 0 bridgehead atoms. The molecule has 0 saturated heterocycles. The van der Waals surface area contributed by atoms with Crippen molar-refractivity contribution in [2.24, 2.45) is 0 Å². The van der Waals surface area contributed by atoms with Crippen LogP contribution in [0.3, 0.4) is 0 Å².